The van der Waals surface area contributed by atoms with Crippen LogP contribution in [-0.4, -0.2) is 33.7 Å². The normalized spacial score (nSPS) is 13.7. The summed E-state index contributed by atoms with van der Waals surface area (Å²) in [4.78, 5) is 21.6. The Morgan fingerprint density at radius 2 is 2.00 bits per heavy atom. The number of hydrogen-bond donors (Lipinski definition) is 0. The van der Waals surface area contributed by atoms with Gasteiger partial charge in [-0.15, -0.1) is 12.4 Å². The molecule has 0 amide bonds. The molecule has 0 saturated carbocycles. The Hall–Kier alpha value is -2.87. The number of rotatable bonds is 6. The zero-order chi connectivity index (χ0) is 21.1. The molecule has 0 bridgehead atoms. The Balaban J connectivity index is 0.00000272. The highest BCUT2D eigenvalue weighted by molar-refractivity contribution is 6.33. The highest BCUT2D eigenvalue weighted by Crippen LogP contribution is 2.30. The van der Waals surface area contributed by atoms with E-state index in [1.54, 1.807) is 30.5 Å². The first-order valence-corrected chi connectivity index (χ1v) is 9.88. The number of aromatic nitrogens is 1. The molecule has 0 spiro atoms. The van der Waals surface area contributed by atoms with Crippen LogP contribution in [0.5, 0.6) is 0 Å². The molecule has 160 valence electrons. The fourth-order valence-electron chi connectivity index (χ4n) is 3.17. The van der Waals surface area contributed by atoms with Crippen LogP contribution in [0.1, 0.15) is 11.3 Å². The summed E-state index contributed by atoms with van der Waals surface area (Å²) in [7, 11) is 0. The maximum absolute atomic E-state index is 11.8. The molecule has 1 aliphatic rings. The summed E-state index contributed by atoms with van der Waals surface area (Å²) in [5.74, 6) is 1.19. The van der Waals surface area contributed by atoms with Crippen LogP contribution in [-0.2, 0) is 6.54 Å². The molecule has 0 radical (unpaired) electrons. The van der Waals surface area contributed by atoms with E-state index in [0.717, 1.165) is 11.1 Å². The number of benzene rings is 1. The summed E-state index contributed by atoms with van der Waals surface area (Å²) in [5, 5.41) is 12.7. The molecule has 3 heterocycles. The van der Waals surface area contributed by atoms with Crippen molar-refractivity contribution in [3.05, 3.63) is 92.0 Å². The first-order valence-electron chi connectivity index (χ1n) is 9.12. The average Bonchev–Trinajstić information content (AvgIpc) is 3.37. The van der Waals surface area contributed by atoms with Crippen molar-refractivity contribution in [3.8, 4) is 11.3 Å². The fraction of sp³-hybridized carbons (Fsp3) is 0.143. The molecule has 0 N–H and O–H groups in total. The van der Waals surface area contributed by atoms with Gasteiger partial charge in [-0.3, -0.25) is 15.1 Å². The predicted octanol–water partition coefficient (Wildman–Crippen LogP) is 5.60. The van der Waals surface area contributed by atoms with Gasteiger partial charge in [-0.2, -0.15) is 0 Å². The Labute approximate surface area is 194 Å². The molecule has 1 aliphatic heterocycles. The van der Waals surface area contributed by atoms with Crippen LogP contribution in [0.15, 0.2) is 69.8 Å². The van der Waals surface area contributed by atoms with Crippen LogP contribution in [0.3, 0.4) is 0 Å². The molecule has 0 atom stereocenters. The molecule has 1 aromatic carbocycles. The highest BCUT2D eigenvalue weighted by atomic mass is 35.5. The van der Waals surface area contributed by atoms with Gasteiger partial charge in [0.2, 0.25) is 5.84 Å². The number of halogens is 3. The van der Waals surface area contributed by atoms with E-state index in [4.69, 9.17) is 27.6 Å². The number of furan rings is 1. The first-order chi connectivity index (χ1) is 14.5. The fourth-order valence-corrected chi connectivity index (χ4v) is 3.51. The molecule has 0 saturated heterocycles. The zero-order valence-corrected chi connectivity index (χ0v) is 18.4. The van der Waals surface area contributed by atoms with E-state index >= 15 is 0 Å². The molecule has 0 aliphatic carbocycles. The molecule has 7 nitrogen and oxygen atoms in total. The second-order valence-electron chi connectivity index (χ2n) is 6.58. The van der Waals surface area contributed by atoms with Gasteiger partial charge in [-0.25, -0.2) is 4.98 Å². The molecule has 4 rings (SSSR count). The van der Waals surface area contributed by atoms with E-state index in [1.165, 1.54) is 6.08 Å². The van der Waals surface area contributed by atoms with Crippen molar-refractivity contribution in [1.82, 2.24) is 9.88 Å². The maximum Gasteiger partial charge on any atom is 0.314 e. The number of amidine groups is 1. The van der Waals surface area contributed by atoms with E-state index < -0.39 is 4.92 Å². The molecule has 10 heteroatoms. The van der Waals surface area contributed by atoms with E-state index in [-0.39, 0.29) is 18.1 Å². The van der Waals surface area contributed by atoms with Gasteiger partial charge in [0.05, 0.1) is 22.6 Å². The van der Waals surface area contributed by atoms with Crippen LogP contribution in [0, 0.1) is 10.1 Å². The lowest BCUT2D eigenvalue weighted by Crippen LogP contribution is -2.30. The summed E-state index contributed by atoms with van der Waals surface area (Å²) >= 11 is 12.0. The molecule has 31 heavy (non-hydrogen) atoms. The standard InChI is InChI=1S/C21H16Cl2N4O3.ClH/c22-17-4-2-1-3-16(17)19-7-6-15(30-19)11-18(27(28)29)21-24-9-10-26(21)13-14-5-8-20(23)25-12-14;/h1-8,11-12H,9-10,13H2;1H/b18-11+;. The monoisotopic (exact) mass is 478 g/mol. The maximum atomic E-state index is 11.8. The molecule has 3 aromatic rings. The van der Waals surface area contributed by atoms with E-state index in [1.807, 2.05) is 29.2 Å². The second kappa shape index (κ2) is 9.96. The summed E-state index contributed by atoms with van der Waals surface area (Å²) in [6, 6.07) is 14.2. The van der Waals surface area contributed by atoms with Gasteiger partial charge < -0.3 is 9.32 Å². The average molecular weight is 480 g/mol. The topological polar surface area (TPSA) is 84.8 Å². The minimum atomic E-state index is -0.449. The third kappa shape index (κ3) is 5.25. The van der Waals surface area contributed by atoms with Crippen molar-refractivity contribution < 1.29 is 9.34 Å². The first kappa shape index (κ1) is 22.8. The van der Waals surface area contributed by atoms with Crippen molar-refractivity contribution in [1.29, 1.82) is 0 Å². The van der Waals surface area contributed by atoms with Crippen molar-refractivity contribution in [2.75, 3.05) is 13.1 Å². The summed E-state index contributed by atoms with van der Waals surface area (Å²) in [6.07, 6.45) is 3.04. The molecule has 2 aromatic heterocycles. The number of aliphatic imine (C=N–C) groups is 1. The molecular formula is C21H17Cl3N4O3. The van der Waals surface area contributed by atoms with Crippen LogP contribution >= 0.6 is 35.6 Å². The highest BCUT2D eigenvalue weighted by Gasteiger charge is 2.29. The zero-order valence-electron chi connectivity index (χ0n) is 16.1. The van der Waals surface area contributed by atoms with Crippen LogP contribution < -0.4 is 0 Å². The lowest BCUT2D eigenvalue weighted by molar-refractivity contribution is -0.414. The second-order valence-corrected chi connectivity index (χ2v) is 7.38. The van der Waals surface area contributed by atoms with Gasteiger partial charge in [0.15, 0.2) is 0 Å². The quantitative estimate of drug-likeness (QED) is 0.261. The van der Waals surface area contributed by atoms with Crippen molar-refractivity contribution in [2.24, 2.45) is 4.99 Å². The Bertz CT molecular complexity index is 1140. The van der Waals surface area contributed by atoms with E-state index in [9.17, 15) is 10.1 Å². The number of nitrogens with zero attached hydrogens (tertiary/aromatic N) is 4. The Morgan fingerprint density at radius 1 is 1.19 bits per heavy atom. The lowest BCUT2D eigenvalue weighted by Gasteiger charge is -2.18. The van der Waals surface area contributed by atoms with E-state index in [2.05, 4.69) is 9.98 Å². The minimum absolute atomic E-state index is 0. The molecule has 0 fully saturated rings. The van der Waals surface area contributed by atoms with Gasteiger partial charge in [0, 0.05) is 24.8 Å². The van der Waals surface area contributed by atoms with Crippen molar-refractivity contribution in [3.63, 3.8) is 0 Å². The summed E-state index contributed by atoms with van der Waals surface area (Å²) in [5.41, 5.74) is 1.47. The van der Waals surface area contributed by atoms with Gasteiger partial charge >= 0.3 is 5.70 Å². The lowest BCUT2D eigenvalue weighted by atomic mass is 10.2. The molecule has 0 unspecified atom stereocenters. The third-order valence-electron chi connectivity index (χ3n) is 4.56. The Kier molecular flexibility index (Phi) is 7.33. The predicted molar refractivity (Wildman–Crippen MR) is 123 cm³/mol. The minimum Gasteiger partial charge on any atom is -0.456 e. The van der Waals surface area contributed by atoms with E-state index in [0.29, 0.717) is 47.2 Å². The Morgan fingerprint density at radius 3 is 2.71 bits per heavy atom. The van der Waals surface area contributed by atoms with Gasteiger partial charge in [0.1, 0.15) is 16.7 Å². The number of hydrogen-bond acceptors (Lipinski definition) is 6. The van der Waals surface area contributed by atoms with Crippen LogP contribution in [0.25, 0.3) is 17.4 Å². The van der Waals surface area contributed by atoms with Gasteiger partial charge in [-0.1, -0.05) is 41.4 Å². The SMILES string of the molecule is Cl.O=[N+]([O-])/C(=C/c1ccc(-c2ccccc2Cl)o1)C1=NCCN1Cc1ccc(Cl)nc1. The van der Waals surface area contributed by atoms with Gasteiger partial charge in [-0.05, 0) is 35.9 Å². The van der Waals surface area contributed by atoms with Crippen LogP contribution in [0.2, 0.25) is 10.2 Å². The smallest absolute Gasteiger partial charge is 0.314 e. The third-order valence-corrected chi connectivity index (χ3v) is 5.12. The largest absolute Gasteiger partial charge is 0.456 e. The number of pyridine rings is 1. The van der Waals surface area contributed by atoms with Crippen molar-refractivity contribution >= 4 is 47.5 Å². The number of nitro groups is 1. The summed E-state index contributed by atoms with van der Waals surface area (Å²) < 4.78 is 5.79. The summed E-state index contributed by atoms with van der Waals surface area (Å²) in [6.45, 7) is 1.49. The van der Waals surface area contributed by atoms with Crippen LogP contribution in [0.4, 0.5) is 0 Å². The molecular weight excluding hydrogens is 463 g/mol. The van der Waals surface area contributed by atoms with Crippen molar-refractivity contribution in [2.45, 2.75) is 6.54 Å². The van der Waals surface area contributed by atoms with Gasteiger partial charge in [0.25, 0.3) is 0 Å².